The second-order valence-corrected chi connectivity index (χ2v) is 7.83. The number of aromatic nitrogens is 5. The Bertz CT molecular complexity index is 1110. The highest BCUT2D eigenvalue weighted by Crippen LogP contribution is 2.31. The number of carbonyl (C=O) groups is 1. The zero-order valence-corrected chi connectivity index (χ0v) is 19.1. The average molecular weight is 454 g/mol. The maximum atomic E-state index is 14.8. The Labute approximate surface area is 192 Å². The molecular weight excluding hydrogens is 425 g/mol. The Balaban J connectivity index is 1.57. The number of aryl methyl sites for hydroxylation is 1. The molecule has 3 aromatic rings. The Morgan fingerprint density at radius 1 is 1.15 bits per heavy atom. The van der Waals surface area contributed by atoms with Gasteiger partial charge in [-0.15, -0.1) is 0 Å². The lowest BCUT2D eigenvalue weighted by atomic mass is 10.1. The van der Waals surface area contributed by atoms with Crippen molar-refractivity contribution in [3.63, 3.8) is 0 Å². The molecule has 174 valence electrons. The highest BCUT2D eigenvalue weighted by Gasteiger charge is 2.23. The molecule has 1 fully saturated rings. The molecular formula is C23H28FN7O2. The quantitative estimate of drug-likeness (QED) is 0.582. The largest absolute Gasteiger partial charge is 0.381 e. The smallest absolute Gasteiger partial charge is 0.272 e. The Kier molecular flexibility index (Phi) is 6.93. The molecule has 1 N–H and O–H groups in total. The minimum absolute atomic E-state index is 0.122. The summed E-state index contributed by atoms with van der Waals surface area (Å²) in [7, 11) is 0. The Hall–Kier alpha value is -3.40. The number of nitrogens with one attached hydrogen (secondary N) is 1. The molecule has 9 nitrogen and oxygen atoms in total. The van der Waals surface area contributed by atoms with E-state index in [1.807, 2.05) is 25.3 Å². The maximum Gasteiger partial charge on any atom is 0.272 e. The minimum atomic E-state index is -0.521. The van der Waals surface area contributed by atoms with Crippen molar-refractivity contribution >= 4 is 17.5 Å². The highest BCUT2D eigenvalue weighted by molar-refractivity contribution is 5.92. The summed E-state index contributed by atoms with van der Waals surface area (Å²) in [5.74, 6) is 0.395. The van der Waals surface area contributed by atoms with Crippen molar-refractivity contribution in [2.24, 2.45) is 0 Å². The number of nitrogens with zero attached hydrogens (tertiary/aromatic N) is 6. The van der Waals surface area contributed by atoms with Crippen molar-refractivity contribution in [2.45, 2.75) is 39.7 Å². The van der Waals surface area contributed by atoms with Crippen LogP contribution in [0.15, 0.2) is 30.7 Å². The predicted octanol–water partition coefficient (Wildman–Crippen LogP) is 3.76. The zero-order valence-electron chi connectivity index (χ0n) is 19.1. The third-order valence-corrected chi connectivity index (χ3v) is 5.81. The topological polar surface area (TPSA) is 98.1 Å². The van der Waals surface area contributed by atoms with Gasteiger partial charge in [-0.1, -0.05) is 0 Å². The van der Waals surface area contributed by atoms with Crippen LogP contribution in [0, 0.1) is 12.7 Å². The number of hydrogen-bond donors (Lipinski definition) is 1. The summed E-state index contributed by atoms with van der Waals surface area (Å²) in [6.45, 7) is 8.33. The van der Waals surface area contributed by atoms with Crippen LogP contribution in [0.1, 0.15) is 49.0 Å². The molecule has 0 radical (unpaired) electrons. The predicted molar refractivity (Wildman–Crippen MR) is 122 cm³/mol. The van der Waals surface area contributed by atoms with Gasteiger partial charge < -0.3 is 19.5 Å². The van der Waals surface area contributed by atoms with Gasteiger partial charge in [0.25, 0.3) is 5.91 Å². The lowest BCUT2D eigenvalue weighted by molar-refractivity contribution is 0.0694. The number of amides is 1. The minimum Gasteiger partial charge on any atom is -0.381 e. The number of imidazole rings is 1. The van der Waals surface area contributed by atoms with E-state index in [1.165, 1.54) is 0 Å². The molecule has 10 heteroatoms. The molecule has 1 aliphatic rings. The maximum absolute atomic E-state index is 14.8. The molecule has 0 unspecified atom stereocenters. The first-order chi connectivity index (χ1) is 16.0. The van der Waals surface area contributed by atoms with E-state index in [1.54, 1.807) is 29.4 Å². The van der Waals surface area contributed by atoms with Crippen molar-refractivity contribution in [1.29, 1.82) is 0 Å². The van der Waals surface area contributed by atoms with Crippen molar-refractivity contribution in [3.8, 4) is 11.4 Å². The second-order valence-electron chi connectivity index (χ2n) is 7.83. The third-order valence-electron chi connectivity index (χ3n) is 5.81. The first-order valence-corrected chi connectivity index (χ1v) is 11.2. The number of anilines is 2. The van der Waals surface area contributed by atoms with Crippen LogP contribution < -0.4 is 5.32 Å². The van der Waals surface area contributed by atoms with Gasteiger partial charge in [-0.2, -0.15) is 0 Å². The van der Waals surface area contributed by atoms with Crippen molar-refractivity contribution < 1.29 is 13.9 Å². The van der Waals surface area contributed by atoms with Gasteiger partial charge in [0, 0.05) is 32.3 Å². The van der Waals surface area contributed by atoms with Crippen molar-refractivity contribution in [3.05, 3.63) is 48.1 Å². The van der Waals surface area contributed by atoms with Crippen LogP contribution in [0.3, 0.4) is 0 Å². The Morgan fingerprint density at radius 2 is 1.91 bits per heavy atom. The monoisotopic (exact) mass is 453 g/mol. The molecule has 4 heterocycles. The lowest BCUT2D eigenvalue weighted by Gasteiger charge is -2.26. The second kappa shape index (κ2) is 10.0. The zero-order chi connectivity index (χ0) is 23.4. The lowest BCUT2D eigenvalue weighted by Crippen LogP contribution is -2.31. The van der Waals surface area contributed by atoms with Gasteiger partial charge in [-0.25, -0.2) is 24.3 Å². The van der Waals surface area contributed by atoms with E-state index in [-0.39, 0.29) is 23.6 Å². The van der Waals surface area contributed by atoms with E-state index >= 15 is 0 Å². The molecule has 1 amide bonds. The van der Waals surface area contributed by atoms with Crippen LogP contribution in [-0.2, 0) is 4.74 Å². The van der Waals surface area contributed by atoms with Gasteiger partial charge in [0.05, 0.1) is 30.0 Å². The molecule has 1 aliphatic heterocycles. The van der Waals surface area contributed by atoms with E-state index in [4.69, 9.17) is 4.74 Å². The van der Waals surface area contributed by atoms with Gasteiger partial charge >= 0.3 is 0 Å². The van der Waals surface area contributed by atoms with E-state index in [9.17, 15) is 9.18 Å². The first-order valence-electron chi connectivity index (χ1n) is 11.2. The van der Waals surface area contributed by atoms with E-state index in [0.29, 0.717) is 43.4 Å². The van der Waals surface area contributed by atoms with E-state index in [2.05, 4.69) is 25.3 Å². The molecule has 0 aromatic carbocycles. The summed E-state index contributed by atoms with van der Waals surface area (Å²) in [5, 5.41) is 3.04. The molecule has 0 saturated carbocycles. The van der Waals surface area contributed by atoms with E-state index < -0.39 is 5.82 Å². The fourth-order valence-corrected chi connectivity index (χ4v) is 4.04. The van der Waals surface area contributed by atoms with Gasteiger partial charge in [-0.05, 0) is 45.7 Å². The summed E-state index contributed by atoms with van der Waals surface area (Å²) in [5.41, 5.74) is 1.75. The van der Waals surface area contributed by atoms with Crippen LogP contribution in [0.2, 0.25) is 0 Å². The fraction of sp³-hybridized carbons (Fsp3) is 0.435. The van der Waals surface area contributed by atoms with Crippen LogP contribution >= 0.6 is 0 Å². The van der Waals surface area contributed by atoms with Crippen LogP contribution in [0.25, 0.3) is 11.4 Å². The standard InChI is InChI=1S/C23H28FN7O2/c1-4-30(5-2)22(32)19-7-6-16(12-26-19)28-23-27-13-18(24)21(29-23)20-14-25-15(3)31(20)17-8-10-33-11-9-17/h6-7,12-14,17H,4-5,8-11H2,1-3H3,(H,27,28,29). The Morgan fingerprint density at radius 3 is 2.58 bits per heavy atom. The first kappa shape index (κ1) is 22.8. The van der Waals surface area contributed by atoms with Crippen LogP contribution in [-0.4, -0.2) is 61.6 Å². The number of ether oxygens (including phenoxy) is 1. The average Bonchev–Trinajstić information content (AvgIpc) is 3.23. The molecule has 0 atom stereocenters. The molecule has 4 rings (SSSR count). The van der Waals surface area contributed by atoms with Crippen LogP contribution in [0.4, 0.5) is 16.0 Å². The normalized spacial score (nSPS) is 14.3. The third kappa shape index (κ3) is 4.85. The summed E-state index contributed by atoms with van der Waals surface area (Å²) in [4.78, 5) is 31.3. The summed E-state index contributed by atoms with van der Waals surface area (Å²) in [6.07, 6.45) is 6.01. The number of hydrogen-bond acceptors (Lipinski definition) is 7. The number of pyridine rings is 1. The van der Waals surface area contributed by atoms with Gasteiger partial charge in [0.2, 0.25) is 5.95 Å². The molecule has 1 saturated heterocycles. The molecule has 0 spiro atoms. The summed E-state index contributed by atoms with van der Waals surface area (Å²) in [6, 6.07) is 3.56. The summed E-state index contributed by atoms with van der Waals surface area (Å²) >= 11 is 0. The van der Waals surface area contributed by atoms with Gasteiger partial charge in [0.15, 0.2) is 5.82 Å². The highest BCUT2D eigenvalue weighted by atomic mass is 19.1. The van der Waals surface area contributed by atoms with Gasteiger partial charge in [0.1, 0.15) is 17.2 Å². The molecule has 3 aromatic heterocycles. The number of rotatable bonds is 7. The number of halogens is 1. The van der Waals surface area contributed by atoms with E-state index in [0.717, 1.165) is 24.9 Å². The molecule has 33 heavy (non-hydrogen) atoms. The van der Waals surface area contributed by atoms with Crippen LogP contribution in [0.5, 0.6) is 0 Å². The molecule has 0 aliphatic carbocycles. The SMILES string of the molecule is CCN(CC)C(=O)c1ccc(Nc2ncc(F)c(-c3cnc(C)n3C3CCOCC3)n2)cn1. The van der Waals surface area contributed by atoms with Crippen molar-refractivity contribution in [2.75, 3.05) is 31.6 Å². The summed E-state index contributed by atoms with van der Waals surface area (Å²) < 4.78 is 22.3. The molecule has 0 bridgehead atoms. The van der Waals surface area contributed by atoms with Gasteiger partial charge in [-0.3, -0.25) is 4.79 Å². The number of carbonyl (C=O) groups excluding carboxylic acids is 1. The van der Waals surface area contributed by atoms with Crippen molar-refractivity contribution in [1.82, 2.24) is 29.4 Å². The fourth-order valence-electron chi connectivity index (χ4n) is 4.04.